The predicted octanol–water partition coefficient (Wildman–Crippen LogP) is 3.32. The van der Waals surface area contributed by atoms with Crippen molar-refractivity contribution in [3.63, 3.8) is 0 Å². The molecule has 106 valence electrons. The molecule has 0 aromatic carbocycles. The van der Waals surface area contributed by atoms with E-state index in [0.29, 0.717) is 12.1 Å². The van der Waals surface area contributed by atoms with Crippen molar-refractivity contribution in [3.8, 4) is 0 Å². The molecule has 0 bridgehead atoms. The first-order chi connectivity index (χ1) is 9.31. The molecule has 1 saturated heterocycles. The first-order valence-corrected chi connectivity index (χ1v) is 8.08. The summed E-state index contributed by atoms with van der Waals surface area (Å²) in [6.07, 6.45) is 12.8. The first-order valence-electron chi connectivity index (χ1n) is 8.08. The average Bonchev–Trinajstić information content (AvgIpc) is 2.91. The molecule has 2 atom stereocenters. The van der Waals surface area contributed by atoms with E-state index in [1.54, 1.807) is 0 Å². The summed E-state index contributed by atoms with van der Waals surface area (Å²) in [7, 11) is 0. The molecule has 0 radical (unpaired) electrons. The second kappa shape index (κ2) is 6.08. The van der Waals surface area contributed by atoms with E-state index in [0.717, 1.165) is 18.9 Å². The minimum atomic E-state index is 0.673. The Morgan fingerprint density at radius 2 is 2.05 bits per heavy atom. The van der Waals surface area contributed by atoms with Gasteiger partial charge in [0, 0.05) is 12.2 Å². The van der Waals surface area contributed by atoms with Gasteiger partial charge >= 0.3 is 0 Å². The summed E-state index contributed by atoms with van der Waals surface area (Å²) < 4.78 is 2.24. The zero-order valence-corrected chi connectivity index (χ0v) is 12.1. The van der Waals surface area contributed by atoms with Crippen LogP contribution in [0.5, 0.6) is 0 Å². The highest BCUT2D eigenvalue weighted by molar-refractivity contribution is 5.02. The Bertz CT molecular complexity index is 384. The second-order valence-corrected chi connectivity index (χ2v) is 6.54. The Balaban J connectivity index is 1.55. The fourth-order valence-electron chi connectivity index (χ4n) is 3.56. The van der Waals surface area contributed by atoms with Crippen LogP contribution in [0.1, 0.15) is 63.6 Å². The first kappa shape index (κ1) is 13.2. The highest BCUT2D eigenvalue weighted by Crippen LogP contribution is 2.28. The molecule has 1 N–H and O–H groups in total. The lowest BCUT2D eigenvalue weighted by molar-refractivity contribution is 0.312. The van der Waals surface area contributed by atoms with Gasteiger partial charge < -0.3 is 5.32 Å². The summed E-state index contributed by atoms with van der Waals surface area (Å²) in [5.74, 6) is 0.783. The van der Waals surface area contributed by atoms with E-state index >= 15 is 0 Å². The molecule has 2 heterocycles. The predicted molar refractivity (Wildman–Crippen MR) is 78.2 cm³/mol. The third-order valence-electron chi connectivity index (χ3n) is 4.87. The topological polar surface area (TPSA) is 29.9 Å². The summed E-state index contributed by atoms with van der Waals surface area (Å²) in [5.41, 5.74) is 1.30. The molecule has 3 rings (SSSR count). The Hall–Kier alpha value is -0.830. The summed E-state index contributed by atoms with van der Waals surface area (Å²) >= 11 is 0. The fraction of sp³-hybridized carbons (Fsp3) is 0.812. The van der Waals surface area contributed by atoms with Gasteiger partial charge in [-0.2, -0.15) is 5.10 Å². The van der Waals surface area contributed by atoms with Crippen LogP contribution in [0.15, 0.2) is 12.3 Å². The van der Waals surface area contributed by atoms with Crippen molar-refractivity contribution in [2.75, 3.05) is 6.54 Å². The number of hydrogen-bond donors (Lipinski definition) is 1. The molecule has 19 heavy (non-hydrogen) atoms. The fourth-order valence-corrected chi connectivity index (χ4v) is 3.56. The monoisotopic (exact) mass is 261 g/mol. The van der Waals surface area contributed by atoms with Crippen LogP contribution in [0.3, 0.4) is 0 Å². The van der Waals surface area contributed by atoms with Crippen molar-refractivity contribution in [1.82, 2.24) is 15.1 Å². The number of nitrogens with one attached hydrogen (secondary N) is 1. The van der Waals surface area contributed by atoms with E-state index in [9.17, 15) is 0 Å². The lowest BCUT2D eigenvalue weighted by Gasteiger charge is -2.27. The molecule has 3 nitrogen and oxygen atoms in total. The summed E-state index contributed by atoms with van der Waals surface area (Å²) in [4.78, 5) is 0. The average molecular weight is 261 g/mol. The van der Waals surface area contributed by atoms with Crippen LogP contribution in [-0.2, 0) is 6.42 Å². The Morgan fingerprint density at radius 1 is 1.21 bits per heavy atom. The van der Waals surface area contributed by atoms with Gasteiger partial charge in [-0.3, -0.25) is 4.68 Å². The lowest BCUT2D eigenvalue weighted by Crippen LogP contribution is -2.37. The van der Waals surface area contributed by atoms with Gasteiger partial charge in [0.1, 0.15) is 0 Å². The van der Waals surface area contributed by atoms with Crippen molar-refractivity contribution in [1.29, 1.82) is 0 Å². The molecule has 0 amide bonds. The van der Waals surface area contributed by atoms with Crippen LogP contribution >= 0.6 is 0 Å². The van der Waals surface area contributed by atoms with Crippen LogP contribution < -0.4 is 5.32 Å². The van der Waals surface area contributed by atoms with E-state index in [2.05, 4.69) is 29.2 Å². The quantitative estimate of drug-likeness (QED) is 0.904. The lowest BCUT2D eigenvalue weighted by atomic mass is 9.92. The van der Waals surface area contributed by atoms with Crippen LogP contribution in [-0.4, -0.2) is 22.4 Å². The van der Waals surface area contributed by atoms with Gasteiger partial charge in [-0.05, 0) is 57.6 Å². The SMILES string of the molecule is CC1CCC(Cc2ccn(C3CCCCC3)n2)CN1. The van der Waals surface area contributed by atoms with E-state index < -0.39 is 0 Å². The van der Waals surface area contributed by atoms with E-state index in [-0.39, 0.29) is 0 Å². The molecule has 3 heteroatoms. The summed E-state index contributed by atoms with van der Waals surface area (Å²) in [6, 6.07) is 3.62. The minimum absolute atomic E-state index is 0.673. The van der Waals surface area contributed by atoms with Crippen molar-refractivity contribution >= 4 is 0 Å². The van der Waals surface area contributed by atoms with Crippen molar-refractivity contribution in [2.45, 2.75) is 70.4 Å². The molecule has 1 aromatic heterocycles. The molecule has 1 aliphatic carbocycles. The zero-order valence-electron chi connectivity index (χ0n) is 12.1. The zero-order chi connectivity index (χ0) is 13.1. The van der Waals surface area contributed by atoms with Gasteiger partial charge in [-0.15, -0.1) is 0 Å². The number of aromatic nitrogens is 2. The number of rotatable bonds is 3. The largest absolute Gasteiger partial charge is 0.314 e. The number of piperidine rings is 1. The third-order valence-corrected chi connectivity index (χ3v) is 4.87. The Labute approximate surface area is 116 Å². The highest BCUT2D eigenvalue weighted by Gasteiger charge is 2.20. The van der Waals surface area contributed by atoms with Gasteiger partial charge in [0.25, 0.3) is 0 Å². The van der Waals surface area contributed by atoms with Gasteiger partial charge in [-0.25, -0.2) is 0 Å². The van der Waals surface area contributed by atoms with Crippen molar-refractivity contribution in [3.05, 3.63) is 18.0 Å². The minimum Gasteiger partial charge on any atom is -0.314 e. The Morgan fingerprint density at radius 3 is 2.79 bits per heavy atom. The molecule has 1 aromatic rings. The van der Waals surface area contributed by atoms with Crippen LogP contribution in [0, 0.1) is 5.92 Å². The Kier molecular flexibility index (Phi) is 4.21. The van der Waals surface area contributed by atoms with E-state index in [1.807, 2.05) is 0 Å². The molecule has 1 saturated carbocycles. The standard InChI is InChI=1S/C16H27N3/c1-13-7-8-14(12-17-13)11-15-9-10-19(18-15)16-5-3-2-4-6-16/h9-10,13-14,16-17H,2-8,11-12H2,1H3. The van der Waals surface area contributed by atoms with Crippen LogP contribution in [0.4, 0.5) is 0 Å². The van der Waals surface area contributed by atoms with Gasteiger partial charge in [-0.1, -0.05) is 19.3 Å². The normalized spacial score (nSPS) is 29.5. The summed E-state index contributed by atoms with van der Waals surface area (Å²) in [6.45, 7) is 3.45. The van der Waals surface area contributed by atoms with Gasteiger partial charge in [0.15, 0.2) is 0 Å². The van der Waals surface area contributed by atoms with Gasteiger partial charge in [0.05, 0.1) is 11.7 Å². The number of nitrogens with zero attached hydrogens (tertiary/aromatic N) is 2. The molecule has 2 aliphatic rings. The van der Waals surface area contributed by atoms with E-state index in [4.69, 9.17) is 5.10 Å². The molecule has 2 fully saturated rings. The summed E-state index contributed by atoms with van der Waals surface area (Å²) in [5, 5.41) is 8.42. The maximum absolute atomic E-state index is 4.84. The second-order valence-electron chi connectivity index (χ2n) is 6.54. The molecule has 1 aliphatic heterocycles. The van der Waals surface area contributed by atoms with Crippen molar-refractivity contribution < 1.29 is 0 Å². The number of hydrogen-bond acceptors (Lipinski definition) is 2. The van der Waals surface area contributed by atoms with Crippen LogP contribution in [0.25, 0.3) is 0 Å². The van der Waals surface area contributed by atoms with Crippen LogP contribution in [0.2, 0.25) is 0 Å². The molecular formula is C16H27N3. The molecule has 0 spiro atoms. The maximum atomic E-state index is 4.84. The third kappa shape index (κ3) is 3.38. The highest BCUT2D eigenvalue weighted by atomic mass is 15.3. The molecular weight excluding hydrogens is 234 g/mol. The smallest absolute Gasteiger partial charge is 0.0627 e. The molecule has 2 unspecified atom stereocenters. The maximum Gasteiger partial charge on any atom is 0.0627 e. The van der Waals surface area contributed by atoms with E-state index in [1.165, 1.54) is 50.6 Å². The van der Waals surface area contributed by atoms with Gasteiger partial charge in [0.2, 0.25) is 0 Å². The van der Waals surface area contributed by atoms with Crippen molar-refractivity contribution in [2.24, 2.45) is 5.92 Å².